The van der Waals surface area contributed by atoms with Crippen molar-refractivity contribution in [3.63, 3.8) is 0 Å². The molecule has 1 rings (SSSR count). The van der Waals surface area contributed by atoms with Crippen molar-refractivity contribution in [2.75, 3.05) is 0 Å². The van der Waals surface area contributed by atoms with Gasteiger partial charge < -0.3 is 0 Å². The molecule has 0 unspecified atom stereocenters. The summed E-state index contributed by atoms with van der Waals surface area (Å²) >= 11 is 11.4. The summed E-state index contributed by atoms with van der Waals surface area (Å²) < 4.78 is 23.4. The fraction of sp³-hybridized carbons (Fsp3) is 0.333. The van der Waals surface area contributed by atoms with Crippen LogP contribution in [0, 0.1) is 0 Å². The zero-order valence-electron chi connectivity index (χ0n) is 7.79. The average molecular weight is 253 g/mol. The molecule has 14 heavy (non-hydrogen) atoms. The van der Waals surface area contributed by atoms with Crippen LogP contribution in [0.25, 0.3) is 0 Å². The van der Waals surface area contributed by atoms with Gasteiger partial charge in [-0.15, -0.1) is 0 Å². The van der Waals surface area contributed by atoms with Gasteiger partial charge in [0.15, 0.2) is 9.84 Å². The zero-order valence-corrected chi connectivity index (χ0v) is 10.1. The topological polar surface area (TPSA) is 34.1 Å². The Morgan fingerprint density at radius 2 is 1.50 bits per heavy atom. The molecule has 0 amide bonds. The van der Waals surface area contributed by atoms with Gasteiger partial charge in [0.1, 0.15) is 0 Å². The Morgan fingerprint density at radius 1 is 1.07 bits per heavy atom. The van der Waals surface area contributed by atoms with Gasteiger partial charge in [0.2, 0.25) is 0 Å². The lowest BCUT2D eigenvalue weighted by Crippen LogP contribution is -2.13. The van der Waals surface area contributed by atoms with E-state index in [0.29, 0.717) is 10.0 Å². The summed E-state index contributed by atoms with van der Waals surface area (Å²) in [6, 6.07) is 4.31. The van der Waals surface area contributed by atoms with Crippen molar-refractivity contribution in [1.82, 2.24) is 0 Å². The van der Waals surface area contributed by atoms with E-state index in [1.54, 1.807) is 13.8 Å². The van der Waals surface area contributed by atoms with Crippen LogP contribution in [0.3, 0.4) is 0 Å². The number of halogens is 2. The Hall–Kier alpha value is -0.250. The molecule has 1 aromatic carbocycles. The largest absolute Gasteiger partial charge is 0.223 e. The first-order chi connectivity index (χ1) is 6.34. The third-order valence-corrected chi connectivity index (χ3v) is 4.36. The highest BCUT2D eigenvalue weighted by Crippen LogP contribution is 2.24. The average Bonchev–Trinajstić information content (AvgIpc) is 2.01. The van der Waals surface area contributed by atoms with Crippen LogP contribution >= 0.6 is 23.2 Å². The van der Waals surface area contributed by atoms with E-state index in [-0.39, 0.29) is 4.90 Å². The molecule has 0 saturated carbocycles. The highest BCUT2D eigenvalue weighted by atomic mass is 35.5. The Balaban J connectivity index is 3.34. The maximum Gasteiger partial charge on any atom is 0.180 e. The van der Waals surface area contributed by atoms with Crippen LogP contribution in [0.4, 0.5) is 0 Å². The van der Waals surface area contributed by atoms with E-state index in [1.165, 1.54) is 18.2 Å². The smallest absolute Gasteiger partial charge is 0.180 e. The predicted molar refractivity (Wildman–Crippen MR) is 58.8 cm³/mol. The number of benzene rings is 1. The molecule has 0 heterocycles. The van der Waals surface area contributed by atoms with Crippen molar-refractivity contribution >= 4 is 33.0 Å². The molecule has 0 aliphatic carbocycles. The van der Waals surface area contributed by atoms with Crippen molar-refractivity contribution in [3.05, 3.63) is 28.2 Å². The SMILES string of the molecule is CC(C)S(=O)(=O)c1cc(Cl)cc(Cl)c1. The molecule has 0 spiro atoms. The first kappa shape index (κ1) is 11.8. The van der Waals surface area contributed by atoms with Gasteiger partial charge in [-0.2, -0.15) is 0 Å². The molecule has 0 aromatic heterocycles. The lowest BCUT2D eigenvalue weighted by atomic mass is 10.4. The number of hydrogen-bond donors (Lipinski definition) is 0. The number of hydrogen-bond acceptors (Lipinski definition) is 2. The molecule has 0 fully saturated rings. The molecule has 0 saturated heterocycles. The first-order valence-corrected chi connectivity index (χ1v) is 6.34. The molecule has 0 radical (unpaired) electrons. The van der Waals surface area contributed by atoms with Crippen molar-refractivity contribution in [1.29, 1.82) is 0 Å². The van der Waals surface area contributed by atoms with E-state index in [4.69, 9.17) is 23.2 Å². The minimum atomic E-state index is -3.29. The molecule has 2 nitrogen and oxygen atoms in total. The monoisotopic (exact) mass is 252 g/mol. The van der Waals surface area contributed by atoms with Gasteiger partial charge in [-0.3, -0.25) is 0 Å². The normalized spacial score (nSPS) is 12.1. The van der Waals surface area contributed by atoms with Crippen LogP contribution in [-0.4, -0.2) is 13.7 Å². The van der Waals surface area contributed by atoms with Gasteiger partial charge in [-0.05, 0) is 32.0 Å². The summed E-state index contributed by atoms with van der Waals surface area (Å²) in [5, 5.41) is 0.186. The maximum atomic E-state index is 11.7. The molecule has 1 aromatic rings. The Labute approximate surface area is 93.8 Å². The van der Waals surface area contributed by atoms with Crippen LogP contribution in [-0.2, 0) is 9.84 Å². The molecule has 0 aliphatic rings. The lowest BCUT2D eigenvalue weighted by Gasteiger charge is -2.08. The maximum absolute atomic E-state index is 11.7. The molecular weight excluding hydrogens is 243 g/mol. The van der Waals surface area contributed by atoms with Crippen molar-refractivity contribution in [3.8, 4) is 0 Å². The van der Waals surface area contributed by atoms with E-state index in [9.17, 15) is 8.42 Å². The quantitative estimate of drug-likeness (QED) is 0.811. The van der Waals surface area contributed by atoms with Gasteiger partial charge in [0.05, 0.1) is 10.1 Å². The Kier molecular flexibility index (Phi) is 3.45. The summed E-state index contributed by atoms with van der Waals surface area (Å²) in [6.45, 7) is 3.23. The van der Waals surface area contributed by atoms with Crippen molar-refractivity contribution < 1.29 is 8.42 Å². The molecular formula is C9H10Cl2O2S. The lowest BCUT2D eigenvalue weighted by molar-refractivity contribution is 0.587. The predicted octanol–water partition coefficient (Wildman–Crippen LogP) is 3.18. The van der Waals surface area contributed by atoms with Crippen molar-refractivity contribution in [2.45, 2.75) is 24.0 Å². The Bertz CT molecular complexity index is 418. The van der Waals surface area contributed by atoms with E-state index in [1.807, 2.05) is 0 Å². The molecule has 78 valence electrons. The summed E-state index contributed by atoms with van der Waals surface area (Å²) in [7, 11) is -3.29. The first-order valence-electron chi connectivity index (χ1n) is 4.04. The molecule has 0 N–H and O–H groups in total. The van der Waals surface area contributed by atoms with E-state index < -0.39 is 15.1 Å². The fourth-order valence-electron chi connectivity index (χ4n) is 0.965. The highest BCUT2D eigenvalue weighted by molar-refractivity contribution is 7.92. The van der Waals surface area contributed by atoms with Crippen LogP contribution in [0.1, 0.15) is 13.8 Å². The van der Waals surface area contributed by atoms with Gasteiger partial charge in [-0.25, -0.2) is 8.42 Å². The zero-order chi connectivity index (χ0) is 10.9. The van der Waals surface area contributed by atoms with E-state index >= 15 is 0 Å². The van der Waals surface area contributed by atoms with Gasteiger partial charge in [-0.1, -0.05) is 23.2 Å². The number of sulfone groups is 1. The molecule has 0 bridgehead atoms. The van der Waals surface area contributed by atoms with Crippen LogP contribution < -0.4 is 0 Å². The van der Waals surface area contributed by atoms with E-state index in [2.05, 4.69) is 0 Å². The standard InChI is InChI=1S/C9H10Cl2O2S/c1-6(2)14(12,13)9-4-7(10)3-8(11)5-9/h3-6H,1-2H3. The molecule has 5 heteroatoms. The molecule has 0 atom stereocenters. The third kappa shape index (κ3) is 2.41. The third-order valence-electron chi connectivity index (χ3n) is 1.79. The summed E-state index contributed by atoms with van der Waals surface area (Å²) in [6.07, 6.45) is 0. The van der Waals surface area contributed by atoms with Crippen LogP contribution in [0.5, 0.6) is 0 Å². The summed E-state index contributed by atoms with van der Waals surface area (Å²) in [5.74, 6) is 0. The molecule has 0 aliphatic heterocycles. The summed E-state index contributed by atoms with van der Waals surface area (Å²) in [5.41, 5.74) is 0. The van der Waals surface area contributed by atoms with E-state index in [0.717, 1.165) is 0 Å². The Morgan fingerprint density at radius 3 is 1.86 bits per heavy atom. The van der Waals surface area contributed by atoms with Crippen LogP contribution in [0.15, 0.2) is 23.1 Å². The second-order valence-corrected chi connectivity index (χ2v) is 6.58. The minimum Gasteiger partial charge on any atom is -0.223 e. The highest BCUT2D eigenvalue weighted by Gasteiger charge is 2.19. The van der Waals surface area contributed by atoms with Crippen molar-refractivity contribution in [2.24, 2.45) is 0 Å². The second-order valence-electron chi connectivity index (χ2n) is 3.20. The fourth-order valence-corrected chi connectivity index (χ4v) is 2.75. The number of rotatable bonds is 2. The second kappa shape index (κ2) is 4.09. The minimum absolute atomic E-state index is 0.171. The van der Waals surface area contributed by atoms with Crippen LogP contribution in [0.2, 0.25) is 10.0 Å². The van der Waals surface area contributed by atoms with Gasteiger partial charge in [0.25, 0.3) is 0 Å². The summed E-state index contributed by atoms with van der Waals surface area (Å²) in [4.78, 5) is 0.171. The van der Waals surface area contributed by atoms with Gasteiger partial charge in [0, 0.05) is 10.0 Å². The van der Waals surface area contributed by atoms with Gasteiger partial charge >= 0.3 is 0 Å².